The molecule has 1 amide bonds. The van der Waals surface area contributed by atoms with Gasteiger partial charge in [0, 0.05) is 44.7 Å². The van der Waals surface area contributed by atoms with Crippen LogP contribution in [-0.2, 0) is 18.8 Å². The van der Waals surface area contributed by atoms with Gasteiger partial charge in [0.1, 0.15) is 11.9 Å². The van der Waals surface area contributed by atoms with Crippen LogP contribution in [0.5, 0.6) is 0 Å². The smallest absolute Gasteiger partial charge is 0.255 e. The average molecular weight is 408 g/mol. The van der Waals surface area contributed by atoms with Gasteiger partial charge in [-0.25, -0.2) is 4.98 Å². The van der Waals surface area contributed by atoms with E-state index in [-0.39, 0.29) is 17.6 Å². The van der Waals surface area contributed by atoms with Crippen LogP contribution in [-0.4, -0.2) is 49.8 Å². The number of aryl methyl sites for hydroxylation is 3. The molecule has 1 fully saturated rings. The number of morpholine rings is 1. The van der Waals surface area contributed by atoms with Gasteiger partial charge >= 0.3 is 0 Å². The number of amides is 1. The summed E-state index contributed by atoms with van der Waals surface area (Å²) in [5, 5.41) is 7.59. The molecule has 0 saturated carbocycles. The number of nitrogens with one attached hydrogen (secondary N) is 1. The van der Waals surface area contributed by atoms with Crippen LogP contribution >= 0.6 is 0 Å². The number of hydrogen-bond acceptors (Lipinski definition) is 6. The zero-order chi connectivity index (χ0) is 21.3. The third-order valence-electron chi connectivity index (χ3n) is 5.16. The lowest BCUT2D eigenvalue weighted by atomic mass is 10.1. The molecular weight excluding hydrogens is 384 g/mol. The van der Waals surface area contributed by atoms with E-state index >= 15 is 0 Å². The van der Waals surface area contributed by atoms with Gasteiger partial charge in [0.15, 0.2) is 5.82 Å². The number of hydrogen-bond donors (Lipinski definition) is 1. The van der Waals surface area contributed by atoms with Crippen molar-refractivity contribution < 1.29 is 9.53 Å². The summed E-state index contributed by atoms with van der Waals surface area (Å²) in [5.74, 6) is 1.25. The second-order valence-corrected chi connectivity index (χ2v) is 7.34. The number of ether oxygens (including phenoxy) is 1. The summed E-state index contributed by atoms with van der Waals surface area (Å²) in [7, 11) is 3.52. The van der Waals surface area contributed by atoms with Crippen LogP contribution in [0.15, 0.2) is 47.4 Å². The summed E-state index contributed by atoms with van der Waals surface area (Å²) in [6.07, 6.45) is 1.23. The lowest BCUT2D eigenvalue weighted by molar-refractivity contribution is -0.0246. The number of rotatable bonds is 4. The molecule has 4 heterocycles. The van der Waals surface area contributed by atoms with Gasteiger partial charge in [-0.1, -0.05) is 6.07 Å². The Kier molecular flexibility index (Phi) is 5.37. The Morgan fingerprint density at radius 3 is 2.77 bits per heavy atom. The first-order chi connectivity index (χ1) is 14.4. The first-order valence-corrected chi connectivity index (χ1v) is 9.73. The topological polar surface area (TPSA) is 94.3 Å². The predicted octanol–water partition coefficient (Wildman–Crippen LogP) is 1.78. The summed E-state index contributed by atoms with van der Waals surface area (Å²) in [4.78, 5) is 30.9. The molecule has 0 bridgehead atoms. The van der Waals surface area contributed by atoms with Gasteiger partial charge in [-0.15, -0.1) is 0 Å². The van der Waals surface area contributed by atoms with Crippen molar-refractivity contribution >= 4 is 17.5 Å². The summed E-state index contributed by atoms with van der Waals surface area (Å²) < 4.78 is 9.09. The maximum atomic E-state index is 12.9. The Hall–Kier alpha value is -3.46. The normalized spacial score (nSPS) is 16.5. The monoisotopic (exact) mass is 408 g/mol. The third kappa shape index (κ3) is 4.11. The SMILES string of the molecule is Cc1cc(Nc2cccc([C@@H]3CN(C(=O)c4ccc(=O)n(C)c4)CCO3)n2)nn1C. The zero-order valence-electron chi connectivity index (χ0n) is 17.2. The Morgan fingerprint density at radius 2 is 2.03 bits per heavy atom. The largest absolute Gasteiger partial charge is 0.368 e. The van der Waals surface area contributed by atoms with Crippen molar-refractivity contribution in [1.29, 1.82) is 0 Å². The van der Waals surface area contributed by atoms with Crippen molar-refractivity contribution in [3.05, 3.63) is 69.9 Å². The van der Waals surface area contributed by atoms with E-state index in [0.717, 1.165) is 17.2 Å². The lowest BCUT2D eigenvalue weighted by Crippen LogP contribution is -2.42. The van der Waals surface area contributed by atoms with Crippen LogP contribution in [0.2, 0.25) is 0 Å². The third-order valence-corrected chi connectivity index (χ3v) is 5.16. The molecule has 156 valence electrons. The first kappa shape index (κ1) is 19.8. The van der Waals surface area contributed by atoms with Gasteiger partial charge in [-0.2, -0.15) is 5.10 Å². The highest BCUT2D eigenvalue weighted by molar-refractivity contribution is 5.94. The maximum Gasteiger partial charge on any atom is 0.255 e. The summed E-state index contributed by atoms with van der Waals surface area (Å²) >= 11 is 0. The van der Waals surface area contributed by atoms with E-state index < -0.39 is 0 Å². The van der Waals surface area contributed by atoms with Crippen molar-refractivity contribution in [3.8, 4) is 0 Å². The number of anilines is 2. The zero-order valence-corrected chi connectivity index (χ0v) is 17.2. The average Bonchev–Trinajstić information content (AvgIpc) is 3.06. The van der Waals surface area contributed by atoms with Gasteiger partial charge < -0.3 is 19.5 Å². The van der Waals surface area contributed by atoms with Crippen molar-refractivity contribution in [1.82, 2.24) is 24.2 Å². The Morgan fingerprint density at radius 1 is 1.20 bits per heavy atom. The van der Waals surface area contributed by atoms with E-state index in [1.54, 1.807) is 28.9 Å². The molecule has 1 N–H and O–H groups in total. The summed E-state index contributed by atoms with van der Waals surface area (Å²) in [6, 6.07) is 10.6. The quantitative estimate of drug-likeness (QED) is 0.707. The molecular formula is C21H24N6O3. The second-order valence-electron chi connectivity index (χ2n) is 7.34. The van der Waals surface area contributed by atoms with E-state index in [2.05, 4.69) is 15.4 Å². The minimum Gasteiger partial charge on any atom is -0.368 e. The highest BCUT2D eigenvalue weighted by Gasteiger charge is 2.27. The molecule has 4 rings (SSSR count). The Bertz CT molecular complexity index is 1120. The van der Waals surface area contributed by atoms with Crippen LogP contribution in [0, 0.1) is 6.92 Å². The molecule has 0 unspecified atom stereocenters. The number of aromatic nitrogens is 4. The van der Waals surface area contributed by atoms with Crippen molar-refractivity contribution in [2.45, 2.75) is 13.0 Å². The lowest BCUT2D eigenvalue weighted by Gasteiger charge is -2.32. The van der Waals surface area contributed by atoms with E-state index in [1.165, 1.54) is 10.6 Å². The standard InChI is InChI=1S/C21H24N6O3/c1-14-11-19(24-26(14)3)23-18-6-4-5-16(22-18)17-13-27(9-10-30-17)21(29)15-7-8-20(28)25(2)12-15/h4-8,11-12,17H,9-10,13H2,1-3H3,(H,22,23,24)/t17-/m0/s1. The molecule has 9 heteroatoms. The highest BCUT2D eigenvalue weighted by Crippen LogP contribution is 2.24. The molecule has 1 aliphatic rings. The fraction of sp³-hybridized carbons (Fsp3) is 0.333. The van der Waals surface area contributed by atoms with Gasteiger partial charge in [0.25, 0.3) is 5.91 Å². The van der Waals surface area contributed by atoms with Crippen LogP contribution in [0.1, 0.15) is 27.8 Å². The second kappa shape index (κ2) is 8.11. The number of nitrogens with zero attached hydrogens (tertiary/aromatic N) is 5. The highest BCUT2D eigenvalue weighted by atomic mass is 16.5. The molecule has 9 nitrogen and oxygen atoms in total. The minimum absolute atomic E-state index is 0.128. The molecule has 3 aromatic rings. The van der Waals surface area contributed by atoms with Gasteiger partial charge in [-0.3, -0.25) is 14.3 Å². The van der Waals surface area contributed by atoms with Crippen molar-refractivity contribution in [2.24, 2.45) is 14.1 Å². The molecule has 0 radical (unpaired) electrons. The summed E-state index contributed by atoms with van der Waals surface area (Å²) in [6.45, 7) is 3.28. The van der Waals surface area contributed by atoms with E-state index in [9.17, 15) is 9.59 Å². The number of carbonyl (C=O) groups is 1. The molecule has 3 aromatic heterocycles. The molecule has 1 aliphatic heterocycles. The van der Waals surface area contributed by atoms with Crippen molar-refractivity contribution in [3.63, 3.8) is 0 Å². The predicted molar refractivity (Wildman–Crippen MR) is 112 cm³/mol. The van der Waals surface area contributed by atoms with Crippen molar-refractivity contribution in [2.75, 3.05) is 25.0 Å². The molecule has 0 spiro atoms. The summed E-state index contributed by atoms with van der Waals surface area (Å²) in [5.41, 5.74) is 2.11. The maximum absolute atomic E-state index is 12.9. The molecule has 30 heavy (non-hydrogen) atoms. The van der Waals surface area contributed by atoms with Crippen LogP contribution in [0.3, 0.4) is 0 Å². The van der Waals surface area contributed by atoms with Gasteiger partial charge in [0.05, 0.1) is 24.4 Å². The Labute approximate surface area is 173 Å². The number of pyridine rings is 2. The Balaban J connectivity index is 1.49. The minimum atomic E-state index is -0.331. The molecule has 0 aliphatic carbocycles. The van der Waals surface area contributed by atoms with Crippen LogP contribution < -0.4 is 10.9 Å². The van der Waals surface area contributed by atoms with Gasteiger partial charge in [-0.05, 0) is 25.1 Å². The van der Waals surface area contributed by atoms with Gasteiger partial charge in [0.2, 0.25) is 5.56 Å². The number of carbonyl (C=O) groups excluding carboxylic acids is 1. The van der Waals surface area contributed by atoms with Crippen LogP contribution in [0.4, 0.5) is 11.6 Å². The molecule has 1 atom stereocenters. The fourth-order valence-electron chi connectivity index (χ4n) is 3.37. The fourth-order valence-corrected chi connectivity index (χ4v) is 3.37. The van der Waals surface area contributed by atoms with Crippen LogP contribution in [0.25, 0.3) is 0 Å². The molecule has 0 aromatic carbocycles. The van der Waals surface area contributed by atoms with E-state index in [4.69, 9.17) is 4.74 Å². The molecule has 1 saturated heterocycles. The van der Waals surface area contributed by atoms with E-state index in [1.807, 2.05) is 38.2 Å². The first-order valence-electron chi connectivity index (χ1n) is 9.73. The van der Waals surface area contributed by atoms with E-state index in [0.29, 0.717) is 31.1 Å².